The predicted octanol–water partition coefficient (Wildman–Crippen LogP) is 3.15. The number of methoxy groups -OCH3 is 1. The van der Waals surface area contributed by atoms with Gasteiger partial charge in [0, 0.05) is 16.7 Å². The molecule has 0 saturated heterocycles. The van der Waals surface area contributed by atoms with E-state index in [4.69, 9.17) is 4.74 Å². The quantitative estimate of drug-likeness (QED) is 0.713. The van der Waals surface area contributed by atoms with Gasteiger partial charge >= 0.3 is 0 Å². The monoisotopic (exact) mass is 390 g/mol. The van der Waals surface area contributed by atoms with E-state index in [1.165, 1.54) is 0 Å². The molecular formula is C18H19BrN2O3. The summed E-state index contributed by atoms with van der Waals surface area (Å²) in [6.45, 7) is 0.470. The molecule has 0 aliphatic rings. The summed E-state index contributed by atoms with van der Waals surface area (Å²) in [7, 11) is 1.62. The van der Waals surface area contributed by atoms with Gasteiger partial charge in [0.25, 0.3) is 0 Å². The Bertz CT molecular complexity index is 702. The van der Waals surface area contributed by atoms with Gasteiger partial charge in [0.15, 0.2) is 0 Å². The minimum atomic E-state index is -0.337. The lowest BCUT2D eigenvalue weighted by Gasteiger charge is -2.08. The summed E-state index contributed by atoms with van der Waals surface area (Å²) in [6, 6.07) is 14.8. The highest BCUT2D eigenvalue weighted by atomic mass is 79.9. The van der Waals surface area contributed by atoms with Crippen LogP contribution in [0.3, 0.4) is 0 Å². The smallest absolute Gasteiger partial charge is 0.233 e. The molecule has 0 saturated carbocycles. The van der Waals surface area contributed by atoms with Gasteiger partial charge in [0.05, 0.1) is 7.11 Å². The van der Waals surface area contributed by atoms with Crippen LogP contribution in [-0.2, 0) is 16.0 Å². The number of carbonyl (C=O) groups excluding carboxylic acids is 2. The van der Waals surface area contributed by atoms with Crippen LogP contribution in [0.1, 0.15) is 12.0 Å². The molecule has 0 aromatic heterocycles. The molecule has 0 bridgehead atoms. The number of ether oxygens (including phenoxy) is 1. The van der Waals surface area contributed by atoms with E-state index in [1.54, 1.807) is 19.2 Å². The van der Waals surface area contributed by atoms with Crippen LogP contribution >= 0.6 is 15.9 Å². The summed E-state index contributed by atoms with van der Waals surface area (Å²) < 4.78 is 6.08. The number of hydrogen-bond acceptors (Lipinski definition) is 3. The van der Waals surface area contributed by atoms with Crippen molar-refractivity contribution in [2.75, 3.05) is 19.0 Å². The SMILES string of the molecule is COc1cccc(CCNC(=O)CC(=O)Nc2ccc(Br)cc2)c1. The second kappa shape index (κ2) is 9.08. The van der Waals surface area contributed by atoms with E-state index in [1.807, 2.05) is 36.4 Å². The second-order valence-corrected chi connectivity index (χ2v) is 6.10. The van der Waals surface area contributed by atoms with Gasteiger partial charge < -0.3 is 15.4 Å². The predicted molar refractivity (Wildman–Crippen MR) is 97.1 cm³/mol. The molecule has 2 amide bonds. The molecule has 126 valence electrons. The number of rotatable bonds is 7. The highest BCUT2D eigenvalue weighted by molar-refractivity contribution is 9.10. The Morgan fingerprint density at radius 3 is 2.54 bits per heavy atom. The minimum Gasteiger partial charge on any atom is -0.497 e. The Morgan fingerprint density at radius 1 is 1.08 bits per heavy atom. The van der Waals surface area contributed by atoms with Gasteiger partial charge in [-0.05, 0) is 48.4 Å². The van der Waals surface area contributed by atoms with Crippen molar-refractivity contribution in [1.29, 1.82) is 0 Å². The summed E-state index contributed by atoms with van der Waals surface area (Å²) in [6.07, 6.45) is 0.478. The topological polar surface area (TPSA) is 67.4 Å². The molecule has 0 spiro atoms. The Kier molecular flexibility index (Phi) is 6.81. The molecule has 0 heterocycles. The van der Waals surface area contributed by atoms with Crippen LogP contribution in [0.2, 0.25) is 0 Å². The lowest BCUT2D eigenvalue weighted by atomic mass is 10.1. The molecule has 0 radical (unpaired) electrons. The number of nitrogens with one attached hydrogen (secondary N) is 2. The van der Waals surface area contributed by atoms with Gasteiger partial charge in [-0.2, -0.15) is 0 Å². The fourth-order valence-electron chi connectivity index (χ4n) is 2.12. The van der Waals surface area contributed by atoms with Gasteiger partial charge in [-0.25, -0.2) is 0 Å². The maximum absolute atomic E-state index is 11.8. The Balaban J connectivity index is 1.72. The van der Waals surface area contributed by atoms with E-state index in [-0.39, 0.29) is 18.2 Å². The highest BCUT2D eigenvalue weighted by Crippen LogP contribution is 2.14. The Labute approximate surface area is 149 Å². The maximum Gasteiger partial charge on any atom is 0.233 e. The summed E-state index contributed by atoms with van der Waals surface area (Å²) >= 11 is 3.32. The summed E-state index contributed by atoms with van der Waals surface area (Å²) in [5.74, 6) is 0.149. The first-order valence-electron chi connectivity index (χ1n) is 7.52. The minimum absolute atomic E-state index is 0.200. The number of amides is 2. The molecule has 0 atom stereocenters. The molecule has 2 aromatic rings. The molecule has 2 aromatic carbocycles. The number of carbonyl (C=O) groups is 2. The average molecular weight is 391 g/mol. The molecule has 0 aliphatic carbocycles. The summed E-state index contributed by atoms with van der Waals surface area (Å²) in [4.78, 5) is 23.6. The number of anilines is 1. The van der Waals surface area contributed by atoms with Crippen molar-refractivity contribution in [2.45, 2.75) is 12.8 Å². The first-order valence-corrected chi connectivity index (χ1v) is 8.31. The summed E-state index contributed by atoms with van der Waals surface area (Å²) in [5, 5.41) is 5.43. The van der Waals surface area contributed by atoms with E-state index < -0.39 is 0 Å². The van der Waals surface area contributed by atoms with Crippen LogP contribution in [0.15, 0.2) is 53.0 Å². The zero-order chi connectivity index (χ0) is 17.4. The van der Waals surface area contributed by atoms with Crippen molar-refractivity contribution in [1.82, 2.24) is 5.32 Å². The van der Waals surface area contributed by atoms with Crippen molar-refractivity contribution >= 4 is 33.4 Å². The van der Waals surface area contributed by atoms with Gasteiger partial charge in [-0.15, -0.1) is 0 Å². The molecular weight excluding hydrogens is 372 g/mol. The first kappa shape index (κ1) is 18.0. The molecule has 5 nitrogen and oxygen atoms in total. The molecule has 0 aliphatic heterocycles. The van der Waals surface area contributed by atoms with Crippen molar-refractivity contribution in [3.05, 3.63) is 58.6 Å². The van der Waals surface area contributed by atoms with Crippen LogP contribution < -0.4 is 15.4 Å². The molecule has 2 N–H and O–H groups in total. The zero-order valence-electron chi connectivity index (χ0n) is 13.3. The van der Waals surface area contributed by atoms with Gasteiger partial charge in [0.1, 0.15) is 12.2 Å². The van der Waals surface area contributed by atoms with Crippen LogP contribution in [0.5, 0.6) is 5.75 Å². The molecule has 24 heavy (non-hydrogen) atoms. The Morgan fingerprint density at radius 2 is 1.83 bits per heavy atom. The Hall–Kier alpha value is -2.34. The third-order valence-electron chi connectivity index (χ3n) is 3.32. The largest absolute Gasteiger partial charge is 0.497 e. The number of benzene rings is 2. The third-order valence-corrected chi connectivity index (χ3v) is 3.85. The zero-order valence-corrected chi connectivity index (χ0v) is 14.9. The van der Waals surface area contributed by atoms with E-state index in [0.717, 1.165) is 15.8 Å². The van der Waals surface area contributed by atoms with Crippen LogP contribution in [-0.4, -0.2) is 25.5 Å². The lowest BCUT2D eigenvalue weighted by Crippen LogP contribution is -2.29. The summed E-state index contributed by atoms with van der Waals surface area (Å²) in [5.41, 5.74) is 1.72. The fourth-order valence-corrected chi connectivity index (χ4v) is 2.39. The standard InChI is InChI=1S/C18H19BrN2O3/c1-24-16-4-2-3-13(11-16)9-10-20-17(22)12-18(23)21-15-7-5-14(19)6-8-15/h2-8,11H,9-10,12H2,1H3,(H,20,22)(H,21,23). The van der Waals surface area contributed by atoms with E-state index in [2.05, 4.69) is 26.6 Å². The van der Waals surface area contributed by atoms with Crippen molar-refractivity contribution in [2.24, 2.45) is 0 Å². The molecule has 6 heteroatoms. The normalized spacial score (nSPS) is 10.1. The molecule has 2 rings (SSSR count). The van der Waals surface area contributed by atoms with E-state index in [0.29, 0.717) is 18.7 Å². The highest BCUT2D eigenvalue weighted by Gasteiger charge is 2.09. The van der Waals surface area contributed by atoms with Gasteiger partial charge in [0.2, 0.25) is 11.8 Å². The molecule has 0 unspecified atom stereocenters. The van der Waals surface area contributed by atoms with E-state index >= 15 is 0 Å². The fraction of sp³-hybridized carbons (Fsp3) is 0.222. The first-order chi connectivity index (χ1) is 11.6. The van der Waals surface area contributed by atoms with Crippen LogP contribution in [0.4, 0.5) is 5.69 Å². The van der Waals surface area contributed by atoms with E-state index in [9.17, 15) is 9.59 Å². The molecule has 0 fully saturated rings. The number of halogens is 1. The second-order valence-electron chi connectivity index (χ2n) is 5.18. The number of hydrogen-bond donors (Lipinski definition) is 2. The van der Waals surface area contributed by atoms with Crippen LogP contribution in [0.25, 0.3) is 0 Å². The van der Waals surface area contributed by atoms with Gasteiger partial charge in [-0.3, -0.25) is 9.59 Å². The van der Waals surface area contributed by atoms with Crippen LogP contribution in [0, 0.1) is 0 Å². The average Bonchev–Trinajstić information content (AvgIpc) is 2.57. The third kappa shape index (κ3) is 6.04. The van der Waals surface area contributed by atoms with Gasteiger partial charge in [-0.1, -0.05) is 28.1 Å². The van der Waals surface area contributed by atoms with Crippen molar-refractivity contribution < 1.29 is 14.3 Å². The van der Waals surface area contributed by atoms with Crippen molar-refractivity contribution in [3.8, 4) is 5.75 Å². The lowest BCUT2D eigenvalue weighted by molar-refractivity contribution is -0.126. The van der Waals surface area contributed by atoms with Crippen molar-refractivity contribution in [3.63, 3.8) is 0 Å². The maximum atomic E-state index is 11.8.